The van der Waals surface area contributed by atoms with E-state index in [1.54, 1.807) is 35.2 Å². The molecule has 1 heterocycles. The molecule has 0 radical (unpaired) electrons. The number of hydrogen-bond acceptors (Lipinski definition) is 7. The highest BCUT2D eigenvalue weighted by Crippen LogP contribution is 2.33. The van der Waals surface area contributed by atoms with E-state index < -0.39 is 10.9 Å². The number of thiocarbonyl (C=S) groups is 1. The van der Waals surface area contributed by atoms with Gasteiger partial charge in [0.15, 0.2) is 0 Å². The molecule has 0 saturated carbocycles. The number of ether oxygens (including phenoxy) is 1. The second kappa shape index (κ2) is 11.0. The average molecular weight is 471 g/mol. The van der Waals surface area contributed by atoms with Gasteiger partial charge < -0.3 is 4.74 Å². The smallest absolute Gasteiger partial charge is 0.343 e. The Balaban J connectivity index is 1.63. The third-order valence-corrected chi connectivity index (χ3v) is 6.17. The third kappa shape index (κ3) is 6.02. The number of hydrogen-bond donors (Lipinski definition) is 0. The van der Waals surface area contributed by atoms with Gasteiger partial charge in [0, 0.05) is 18.7 Å². The van der Waals surface area contributed by atoms with E-state index in [1.165, 1.54) is 36.0 Å². The predicted molar refractivity (Wildman–Crippen MR) is 129 cm³/mol. The Kier molecular flexibility index (Phi) is 8.13. The molecule has 0 atom stereocenters. The fourth-order valence-electron chi connectivity index (χ4n) is 3.09. The van der Waals surface area contributed by atoms with E-state index in [4.69, 9.17) is 17.0 Å². The summed E-state index contributed by atoms with van der Waals surface area (Å²) in [7, 11) is 0. The van der Waals surface area contributed by atoms with Gasteiger partial charge >= 0.3 is 5.97 Å². The minimum Gasteiger partial charge on any atom is -0.423 e. The Morgan fingerprint density at radius 2 is 1.94 bits per heavy atom. The highest BCUT2D eigenvalue weighted by molar-refractivity contribution is 8.26. The van der Waals surface area contributed by atoms with Gasteiger partial charge in [-0.3, -0.25) is 19.8 Å². The molecule has 166 valence electrons. The normalized spacial score (nSPS) is 14.8. The predicted octanol–water partition coefficient (Wildman–Crippen LogP) is 5.60. The summed E-state index contributed by atoms with van der Waals surface area (Å²) in [6, 6.07) is 12.0. The van der Waals surface area contributed by atoms with Gasteiger partial charge in [-0.2, -0.15) is 0 Å². The van der Waals surface area contributed by atoms with Crippen LogP contribution in [0.5, 0.6) is 5.75 Å². The minimum absolute atomic E-state index is 0.0855. The van der Waals surface area contributed by atoms with Crippen molar-refractivity contribution in [1.29, 1.82) is 0 Å². The summed E-state index contributed by atoms with van der Waals surface area (Å²) in [6.45, 7) is 2.77. The van der Waals surface area contributed by atoms with Crippen LogP contribution in [0.3, 0.4) is 0 Å². The number of unbranched alkanes of at least 4 members (excludes halogenated alkanes) is 3. The molecule has 0 aliphatic carbocycles. The lowest BCUT2D eigenvalue weighted by molar-refractivity contribution is -0.384. The lowest BCUT2D eigenvalue weighted by Crippen LogP contribution is -2.28. The minimum atomic E-state index is -0.689. The standard InChI is InChI=1S/C23H22N2O5S2/c1-2-3-4-5-13-24-21(26)20(32-23(24)31)14-16-9-11-19(12-10-16)30-22(27)17-7-6-8-18(15-17)25(28)29/h6-12,14-15H,2-5,13H2,1H3. The molecule has 2 aromatic carbocycles. The van der Waals surface area contributed by atoms with Crippen molar-refractivity contribution in [2.45, 2.75) is 32.6 Å². The molecule has 1 amide bonds. The first kappa shape index (κ1) is 23.6. The molecule has 7 nitrogen and oxygen atoms in total. The first-order valence-electron chi connectivity index (χ1n) is 10.2. The molecule has 0 bridgehead atoms. The Labute approximate surface area is 195 Å². The van der Waals surface area contributed by atoms with Crippen LogP contribution in [-0.4, -0.2) is 32.6 Å². The fraction of sp³-hybridized carbons (Fsp3) is 0.261. The Bertz CT molecular complexity index is 1070. The number of amides is 1. The first-order valence-corrected chi connectivity index (χ1v) is 11.4. The number of carbonyl (C=O) groups is 2. The van der Waals surface area contributed by atoms with Gasteiger partial charge in [-0.1, -0.05) is 68.4 Å². The van der Waals surface area contributed by atoms with Crippen LogP contribution in [0.2, 0.25) is 0 Å². The van der Waals surface area contributed by atoms with Crippen molar-refractivity contribution in [3.63, 3.8) is 0 Å². The summed E-state index contributed by atoms with van der Waals surface area (Å²) in [5.74, 6) is -0.481. The molecule has 32 heavy (non-hydrogen) atoms. The van der Waals surface area contributed by atoms with E-state index in [0.29, 0.717) is 21.5 Å². The number of nitro groups is 1. The lowest BCUT2D eigenvalue weighted by Gasteiger charge is -2.13. The SMILES string of the molecule is CCCCCCN1C(=O)C(=Cc2ccc(OC(=O)c3cccc([N+](=O)[O-])c3)cc2)SC1=S. The zero-order valence-corrected chi connectivity index (χ0v) is 19.1. The monoisotopic (exact) mass is 470 g/mol. The molecule has 9 heteroatoms. The van der Waals surface area contributed by atoms with E-state index in [2.05, 4.69) is 6.92 Å². The fourth-order valence-corrected chi connectivity index (χ4v) is 4.39. The summed E-state index contributed by atoms with van der Waals surface area (Å²) in [6.07, 6.45) is 6.04. The summed E-state index contributed by atoms with van der Waals surface area (Å²) in [5.41, 5.74) is 0.676. The zero-order chi connectivity index (χ0) is 23.1. The van der Waals surface area contributed by atoms with Crippen molar-refractivity contribution in [1.82, 2.24) is 4.90 Å². The molecule has 0 unspecified atom stereocenters. The lowest BCUT2D eigenvalue weighted by atomic mass is 10.2. The first-order chi connectivity index (χ1) is 15.4. The van der Waals surface area contributed by atoms with Crippen LogP contribution >= 0.6 is 24.0 Å². The molecule has 2 aromatic rings. The van der Waals surface area contributed by atoms with Crippen LogP contribution in [0.15, 0.2) is 53.4 Å². The molecule has 1 saturated heterocycles. The Morgan fingerprint density at radius 3 is 2.62 bits per heavy atom. The summed E-state index contributed by atoms with van der Waals surface area (Å²) in [4.78, 5) is 37.4. The van der Waals surface area contributed by atoms with Crippen LogP contribution in [0.4, 0.5) is 5.69 Å². The van der Waals surface area contributed by atoms with Gasteiger partial charge in [0.25, 0.3) is 11.6 Å². The second-order valence-corrected chi connectivity index (χ2v) is 8.84. The van der Waals surface area contributed by atoms with Gasteiger partial charge in [-0.25, -0.2) is 4.79 Å². The molecule has 0 N–H and O–H groups in total. The number of benzene rings is 2. The number of esters is 1. The van der Waals surface area contributed by atoms with Gasteiger partial charge in [0.05, 0.1) is 15.4 Å². The Morgan fingerprint density at radius 1 is 1.19 bits per heavy atom. The largest absolute Gasteiger partial charge is 0.423 e. The molecular formula is C23H22N2O5S2. The van der Waals surface area contributed by atoms with E-state index >= 15 is 0 Å². The van der Waals surface area contributed by atoms with Crippen LogP contribution in [0.25, 0.3) is 6.08 Å². The Hall–Kier alpha value is -3.04. The molecule has 0 spiro atoms. The highest BCUT2D eigenvalue weighted by Gasteiger charge is 2.31. The number of nitro benzene ring substituents is 1. The number of nitrogens with zero attached hydrogens (tertiary/aromatic N) is 2. The van der Waals surface area contributed by atoms with Crippen molar-refractivity contribution >= 4 is 51.9 Å². The van der Waals surface area contributed by atoms with Gasteiger partial charge in [-0.05, 0) is 36.3 Å². The molecule has 0 aromatic heterocycles. The molecule has 1 aliphatic rings. The van der Waals surface area contributed by atoms with Crippen LogP contribution in [0, 0.1) is 10.1 Å². The summed E-state index contributed by atoms with van der Waals surface area (Å²) >= 11 is 6.64. The molecule has 1 fully saturated rings. The number of rotatable bonds is 9. The zero-order valence-electron chi connectivity index (χ0n) is 17.5. The summed E-state index contributed by atoms with van der Waals surface area (Å²) < 4.78 is 5.87. The van der Waals surface area contributed by atoms with E-state index in [1.807, 2.05) is 0 Å². The van der Waals surface area contributed by atoms with Crippen molar-refractivity contribution < 1.29 is 19.2 Å². The van der Waals surface area contributed by atoms with Crippen LogP contribution in [0.1, 0.15) is 48.5 Å². The third-order valence-electron chi connectivity index (χ3n) is 4.79. The maximum atomic E-state index is 12.7. The van der Waals surface area contributed by atoms with Crippen molar-refractivity contribution in [3.05, 3.63) is 74.7 Å². The summed E-state index contributed by atoms with van der Waals surface area (Å²) in [5, 5.41) is 10.9. The van der Waals surface area contributed by atoms with E-state index in [-0.39, 0.29) is 17.2 Å². The highest BCUT2D eigenvalue weighted by atomic mass is 32.2. The van der Waals surface area contributed by atoms with E-state index in [9.17, 15) is 19.7 Å². The van der Waals surface area contributed by atoms with Gasteiger partial charge in [0.2, 0.25) is 0 Å². The quantitative estimate of drug-likeness (QED) is 0.0897. The number of thioether (sulfide) groups is 1. The van der Waals surface area contributed by atoms with Crippen LogP contribution in [-0.2, 0) is 4.79 Å². The molecule has 3 rings (SSSR count). The number of carbonyl (C=O) groups excluding carboxylic acids is 2. The van der Waals surface area contributed by atoms with Gasteiger partial charge in [0.1, 0.15) is 10.1 Å². The van der Waals surface area contributed by atoms with Crippen LogP contribution < -0.4 is 4.74 Å². The maximum absolute atomic E-state index is 12.7. The maximum Gasteiger partial charge on any atom is 0.343 e. The van der Waals surface area contributed by atoms with E-state index in [0.717, 1.165) is 31.2 Å². The molecular weight excluding hydrogens is 448 g/mol. The van der Waals surface area contributed by atoms with Crippen molar-refractivity contribution in [3.8, 4) is 5.75 Å². The van der Waals surface area contributed by atoms with Crippen molar-refractivity contribution in [2.75, 3.05) is 6.54 Å². The second-order valence-electron chi connectivity index (χ2n) is 7.16. The van der Waals surface area contributed by atoms with Crippen molar-refractivity contribution in [2.24, 2.45) is 0 Å². The average Bonchev–Trinajstić information content (AvgIpc) is 3.05. The van der Waals surface area contributed by atoms with Gasteiger partial charge in [-0.15, -0.1) is 0 Å². The number of non-ortho nitro benzene ring substituents is 1. The molecule has 1 aliphatic heterocycles. The topological polar surface area (TPSA) is 89.8 Å².